The van der Waals surface area contributed by atoms with Gasteiger partial charge in [-0.1, -0.05) is 19.1 Å². The molecule has 0 saturated heterocycles. The zero-order valence-electron chi connectivity index (χ0n) is 11.8. The van der Waals surface area contributed by atoms with Gasteiger partial charge in [0.25, 0.3) is 0 Å². The Morgan fingerprint density at radius 1 is 1.15 bits per heavy atom. The topological polar surface area (TPSA) is 61.4 Å². The average molecular weight is 342 g/mol. The number of hydrogen-bond acceptors (Lipinski definition) is 3. The van der Waals surface area contributed by atoms with E-state index in [-0.39, 0.29) is 24.9 Å². The molecule has 0 aliphatic carbocycles. The summed E-state index contributed by atoms with van der Waals surface area (Å²) in [6.07, 6.45) is 0. The maximum atomic E-state index is 12.0. The summed E-state index contributed by atoms with van der Waals surface area (Å²) in [5.41, 5.74) is 0.728. The highest BCUT2D eigenvalue weighted by molar-refractivity contribution is 9.10. The van der Waals surface area contributed by atoms with E-state index in [4.69, 9.17) is 0 Å². The standard InChI is InChI=1S/C14H20BrN3O2/c1-3-16-13(19)9-18(4-2)10-14(20)17-12-8-6-5-7-11(12)15/h5-8H,3-4,9-10H2,1-2H3,(H,16,19)(H,17,20). The molecule has 0 heterocycles. The number of para-hydroxylation sites is 1. The van der Waals surface area contributed by atoms with E-state index in [0.29, 0.717) is 13.1 Å². The predicted octanol–water partition coefficient (Wildman–Crippen LogP) is 1.85. The highest BCUT2D eigenvalue weighted by Gasteiger charge is 2.13. The highest BCUT2D eigenvalue weighted by atomic mass is 79.9. The number of benzene rings is 1. The van der Waals surface area contributed by atoms with Crippen LogP contribution in [0.2, 0.25) is 0 Å². The summed E-state index contributed by atoms with van der Waals surface area (Å²) in [5, 5.41) is 5.54. The van der Waals surface area contributed by atoms with Crippen molar-refractivity contribution < 1.29 is 9.59 Å². The number of halogens is 1. The molecule has 2 N–H and O–H groups in total. The van der Waals surface area contributed by atoms with E-state index in [9.17, 15) is 9.59 Å². The molecule has 1 aromatic rings. The van der Waals surface area contributed by atoms with Gasteiger partial charge in [0.05, 0.1) is 18.8 Å². The first-order valence-electron chi connectivity index (χ1n) is 6.60. The number of nitrogens with zero attached hydrogens (tertiary/aromatic N) is 1. The molecular formula is C14H20BrN3O2. The zero-order valence-corrected chi connectivity index (χ0v) is 13.4. The summed E-state index contributed by atoms with van der Waals surface area (Å²) in [4.78, 5) is 25.3. The Bertz CT molecular complexity index is 465. The van der Waals surface area contributed by atoms with E-state index in [2.05, 4.69) is 26.6 Å². The monoisotopic (exact) mass is 341 g/mol. The Kier molecular flexibility index (Phi) is 7.25. The van der Waals surface area contributed by atoms with Crippen LogP contribution >= 0.6 is 15.9 Å². The second-order valence-corrected chi connectivity index (χ2v) is 5.14. The highest BCUT2D eigenvalue weighted by Crippen LogP contribution is 2.20. The number of nitrogens with one attached hydrogen (secondary N) is 2. The molecule has 0 radical (unpaired) electrons. The van der Waals surface area contributed by atoms with E-state index in [1.54, 1.807) is 4.90 Å². The molecule has 0 aliphatic heterocycles. The lowest BCUT2D eigenvalue weighted by Crippen LogP contribution is -2.41. The van der Waals surface area contributed by atoms with Gasteiger partial charge in [-0.05, 0) is 41.5 Å². The van der Waals surface area contributed by atoms with Crippen molar-refractivity contribution in [2.75, 3.05) is 31.5 Å². The molecule has 0 atom stereocenters. The van der Waals surface area contributed by atoms with Crippen LogP contribution in [0.1, 0.15) is 13.8 Å². The summed E-state index contributed by atoms with van der Waals surface area (Å²) >= 11 is 3.38. The smallest absolute Gasteiger partial charge is 0.238 e. The Morgan fingerprint density at radius 3 is 2.40 bits per heavy atom. The Balaban J connectivity index is 2.51. The molecule has 20 heavy (non-hydrogen) atoms. The molecule has 0 aromatic heterocycles. The van der Waals surface area contributed by atoms with Gasteiger partial charge in [-0.2, -0.15) is 0 Å². The third-order valence-corrected chi connectivity index (χ3v) is 3.40. The van der Waals surface area contributed by atoms with Gasteiger partial charge in [-0.15, -0.1) is 0 Å². The van der Waals surface area contributed by atoms with Crippen molar-refractivity contribution in [1.29, 1.82) is 0 Å². The molecule has 110 valence electrons. The van der Waals surface area contributed by atoms with Gasteiger partial charge in [-0.3, -0.25) is 14.5 Å². The molecule has 0 aliphatic rings. The van der Waals surface area contributed by atoms with Crippen LogP contribution in [0.25, 0.3) is 0 Å². The molecule has 1 aromatic carbocycles. The molecular weight excluding hydrogens is 322 g/mol. The van der Waals surface area contributed by atoms with Gasteiger partial charge < -0.3 is 10.6 Å². The minimum absolute atomic E-state index is 0.0666. The number of anilines is 1. The minimum atomic E-state index is -0.136. The first kappa shape index (κ1) is 16.7. The van der Waals surface area contributed by atoms with Gasteiger partial charge in [0, 0.05) is 11.0 Å². The van der Waals surface area contributed by atoms with Gasteiger partial charge in [0.2, 0.25) is 11.8 Å². The molecule has 0 spiro atoms. The van der Waals surface area contributed by atoms with Crippen molar-refractivity contribution in [2.45, 2.75) is 13.8 Å². The quantitative estimate of drug-likeness (QED) is 0.795. The number of amides is 2. The maximum Gasteiger partial charge on any atom is 0.238 e. The van der Waals surface area contributed by atoms with Gasteiger partial charge in [0.15, 0.2) is 0 Å². The summed E-state index contributed by atoms with van der Waals surface area (Å²) in [6, 6.07) is 7.42. The fourth-order valence-corrected chi connectivity index (χ4v) is 2.07. The van der Waals surface area contributed by atoms with E-state index in [0.717, 1.165) is 10.2 Å². The molecule has 0 unspecified atom stereocenters. The van der Waals surface area contributed by atoms with Crippen LogP contribution in [0, 0.1) is 0 Å². The second-order valence-electron chi connectivity index (χ2n) is 4.28. The molecule has 0 saturated carbocycles. The van der Waals surface area contributed by atoms with E-state index in [1.165, 1.54) is 0 Å². The number of hydrogen-bond donors (Lipinski definition) is 2. The summed E-state index contributed by atoms with van der Waals surface area (Å²) in [5.74, 6) is -0.203. The minimum Gasteiger partial charge on any atom is -0.355 e. The van der Waals surface area contributed by atoms with Crippen molar-refractivity contribution in [3.05, 3.63) is 28.7 Å². The number of likely N-dealkylation sites (N-methyl/N-ethyl adjacent to an activating group) is 2. The van der Waals surface area contributed by atoms with Crippen molar-refractivity contribution in [3.8, 4) is 0 Å². The number of carbonyl (C=O) groups excluding carboxylic acids is 2. The fraction of sp³-hybridized carbons (Fsp3) is 0.429. The van der Waals surface area contributed by atoms with Crippen molar-refractivity contribution in [2.24, 2.45) is 0 Å². The average Bonchev–Trinajstić information content (AvgIpc) is 2.41. The lowest BCUT2D eigenvalue weighted by Gasteiger charge is -2.19. The van der Waals surface area contributed by atoms with E-state index >= 15 is 0 Å². The zero-order chi connectivity index (χ0) is 15.0. The number of rotatable bonds is 7. The third kappa shape index (κ3) is 5.71. The first-order chi connectivity index (χ1) is 9.56. The van der Waals surface area contributed by atoms with Crippen LogP contribution < -0.4 is 10.6 Å². The largest absolute Gasteiger partial charge is 0.355 e. The Labute approximate surface area is 127 Å². The van der Waals surface area contributed by atoms with Crippen molar-refractivity contribution in [1.82, 2.24) is 10.2 Å². The third-order valence-electron chi connectivity index (χ3n) is 2.70. The molecule has 5 nitrogen and oxygen atoms in total. The predicted molar refractivity (Wildman–Crippen MR) is 83.6 cm³/mol. The molecule has 6 heteroatoms. The molecule has 0 fully saturated rings. The lowest BCUT2D eigenvalue weighted by atomic mass is 10.3. The van der Waals surface area contributed by atoms with Crippen LogP contribution in [-0.2, 0) is 9.59 Å². The van der Waals surface area contributed by atoms with Crippen molar-refractivity contribution >= 4 is 33.4 Å². The van der Waals surface area contributed by atoms with Crippen molar-refractivity contribution in [3.63, 3.8) is 0 Å². The molecule has 0 bridgehead atoms. The van der Waals surface area contributed by atoms with Gasteiger partial charge >= 0.3 is 0 Å². The molecule has 2 amide bonds. The second kappa shape index (κ2) is 8.71. The van der Waals surface area contributed by atoms with Crippen LogP contribution in [-0.4, -0.2) is 42.9 Å². The lowest BCUT2D eigenvalue weighted by molar-refractivity contribution is -0.123. The van der Waals surface area contributed by atoms with Crippen LogP contribution in [0.15, 0.2) is 28.7 Å². The van der Waals surface area contributed by atoms with Gasteiger partial charge in [-0.25, -0.2) is 0 Å². The Morgan fingerprint density at radius 2 is 1.80 bits per heavy atom. The van der Waals surface area contributed by atoms with Crippen LogP contribution in [0.4, 0.5) is 5.69 Å². The SMILES string of the molecule is CCNC(=O)CN(CC)CC(=O)Nc1ccccc1Br. The van der Waals surface area contributed by atoms with Crippen LogP contribution in [0.3, 0.4) is 0 Å². The van der Waals surface area contributed by atoms with E-state index < -0.39 is 0 Å². The van der Waals surface area contributed by atoms with Gasteiger partial charge in [0.1, 0.15) is 0 Å². The summed E-state index contributed by atoms with van der Waals surface area (Å²) < 4.78 is 0.833. The fourth-order valence-electron chi connectivity index (χ4n) is 1.69. The van der Waals surface area contributed by atoms with Crippen LogP contribution in [0.5, 0.6) is 0 Å². The Hall–Kier alpha value is -1.40. The first-order valence-corrected chi connectivity index (χ1v) is 7.39. The molecule has 1 rings (SSSR count). The summed E-state index contributed by atoms with van der Waals surface area (Å²) in [6.45, 7) is 5.45. The van der Waals surface area contributed by atoms with E-state index in [1.807, 2.05) is 38.1 Å². The summed E-state index contributed by atoms with van der Waals surface area (Å²) in [7, 11) is 0. The normalized spacial score (nSPS) is 10.4. The maximum absolute atomic E-state index is 12.0. The number of carbonyl (C=O) groups is 2.